The number of hydrogen-bond donors (Lipinski definition) is 1. The third-order valence-corrected chi connectivity index (χ3v) is 6.65. The molecule has 0 bridgehead atoms. The molecule has 2 aromatic carbocycles. The number of nitrogens with zero attached hydrogens (tertiary/aromatic N) is 1. The Kier molecular flexibility index (Phi) is 8.90. The van der Waals surface area contributed by atoms with Gasteiger partial charge in [-0.3, -0.25) is 9.59 Å². The molecule has 1 unspecified atom stereocenters. The molecule has 0 saturated heterocycles. The van der Waals surface area contributed by atoms with Crippen molar-refractivity contribution in [3.05, 3.63) is 70.8 Å². The van der Waals surface area contributed by atoms with Crippen LogP contribution in [0.1, 0.15) is 74.6 Å². The van der Waals surface area contributed by atoms with E-state index in [0.29, 0.717) is 19.4 Å². The number of amides is 2. The molecule has 3 rings (SSSR count). The second-order valence-electron chi connectivity index (χ2n) is 9.20. The minimum atomic E-state index is -0.492. The van der Waals surface area contributed by atoms with E-state index < -0.39 is 6.04 Å². The van der Waals surface area contributed by atoms with Crippen LogP contribution >= 0.6 is 0 Å². The lowest BCUT2D eigenvalue weighted by molar-refractivity contribution is -0.141. The second-order valence-corrected chi connectivity index (χ2v) is 9.20. The van der Waals surface area contributed by atoms with Crippen LogP contribution in [0, 0.1) is 6.92 Å². The standard InChI is InChI=1S/C28H38N2O2/c1-4-23-14-16-24(17-15-23)18-19-27(31)30(20-25-12-10-21(2)11-13-25)22(3)28(32)29-26-8-6-5-7-9-26/h10-17,22,26H,4-9,18-20H2,1-3H3,(H,29,32). The molecular weight excluding hydrogens is 396 g/mol. The Hall–Kier alpha value is -2.62. The molecule has 1 aliphatic rings. The van der Waals surface area contributed by atoms with Gasteiger partial charge in [-0.2, -0.15) is 0 Å². The molecule has 172 valence electrons. The van der Waals surface area contributed by atoms with Gasteiger partial charge in [0, 0.05) is 19.0 Å². The van der Waals surface area contributed by atoms with Crippen molar-refractivity contribution in [2.75, 3.05) is 0 Å². The van der Waals surface area contributed by atoms with Gasteiger partial charge in [0.05, 0.1) is 0 Å². The summed E-state index contributed by atoms with van der Waals surface area (Å²) in [7, 11) is 0. The average Bonchev–Trinajstić information content (AvgIpc) is 2.82. The Labute approximate surface area is 193 Å². The maximum atomic E-state index is 13.3. The lowest BCUT2D eigenvalue weighted by Gasteiger charge is -2.31. The molecule has 1 aliphatic carbocycles. The van der Waals surface area contributed by atoms with Gasteiger partial charge in [0.2, 0.25) is 11.8 Å². The van der Waals surface area contributed by atoms with E-state index in [1.54, 1.807) is 4.90 Å². The van der Waals surface area contributed by atoms with E-state index in [1.165, 1.54) is 30.4 Å². The maximum absolute atomic E-state index is 13.3. The van der Waals surface area contributed by atoms with Crippen molar-refractivity contribution >= 4 is 11.8 Å². The highest BCUT2D eigenvalue weighted by Gasteiger charge is 2.27. The first-order chi connectivity index (χ1) is 15.5. The van der Waals surface area contributed by atoms with Crippen LogP contribution in [0.25, 0.3) is 0 Å². The van der Waals surface area contributed by atoms with Crippen LogP contribution in [0.15, 0.2) is 48.5 Å². The third-order valence-electron chi connectivity index (χ3n) is 6.65. The topological polar surface area (TPSA) is 49.4 Å². The molecule has 1 saturated carbocycles. The first-order valence-electron chi connectivity index (χ1n) is 12.2. The van der Waals surface area contributed by atoms with Gasteiger partial charge in [-0.05, 0) is 56.2 Å². The number of carbonyl (C=O) groups is 2. The van der Waals surface area contributed by atoms with Gasteiger partial charge in [-0.15, -0.1) is 0 Å². The summed E-state index contributed by atoms with van der Waals surface area (Å²) in [6.45, 7) is 6.51. The number of aryl methyl sites for hydroxylation is 3. The van der Waals surface area contributed by atoms with Crippen LogP contribution < -0.4 is 5.32 Å². The summed E-state index contributed by atoms with van der Waals surface area (Å²) in [5.41, 5.74) is 4.69. The molecular formula is C28H38N2O2. The highest BCUT2D eigenvalue weighted by Crippen LogP contribution is 2.19. The van der Waals surface area contributed by atoms with Crippen LogP contribution in [0.3, 0.4) is 0 Å². The van der Waals surface area contributed by atoms with Gasteiger partial charge in [-0.25, -0.2) is 0 Å². The Morgan fingerprint density at radius 1 is 0.938 bits per heavy atom. The molecule has 0 radical (unpaired) electrons. The molecule has 0 aliphatic heterocycles. The van der Waals surface area contributed by atoms with Crippen LogP contribution in [0.5, 0.6) is 0 Å². The van der Waals surface area contributed by atoms with Crippen molar-refractivity contribution in [1.29, 1.82) is 0 Å². The highest BCUT2D eigenvalue weighted by molar-refractivity contribution is 5.87. The third kappa shape index (κ3) is 6.94. The average molecular weight is 435 g/mol. The zero-order valence-electron chi connectivity index (χ0n) is 19.9. The number of nitrogens with one attached hydrogen (secondary N) is 1. The minimum absolute atomic E-state index is 0.0245. The van der Waals surface area contributed by atoms with E-state index in [9.17, 15) is 9.59 Å². The summed E-state index contributed by atoms with van der Waals surface area (Å²) in [4.78, 5) is 28.1. The Bertz CT molecular complexity index is 867. The summed E-state index contributed by atoms with van der Waals surface area (Å²) >= 11 is 0. The molecule has 1 N–H and O–H groups in total. The fourth-order valence-corrected chi connectivity index (χ4v) is 4.38. The summed E-state index contributed by atoms with van der Waals surface area (Å²) in [6.07, 6.45) is 7.76. The normalized spacial score (nSPS) is 15.2. The highest BCUT2D eigenvalue weighted by atomic mass is 16.2. The molecule has 2 aromatic rings. The van der Waals surface area contributed by atoms with Gasteiger partial charge in [0.15, 0.2) is 0 Å². The molecule has 2 amide bonds. The molecule has 1 fully saturated rings. The molecule has 0 spiro atoms. The van der Waals surface area contributed by atoms with Gasteiger partial charge < -0.3 is 10.2 Å². The first kappa shape index (κ1) is 24.0. The smallest absolute Gasteiger partial charge is 0.242 e. The van der Waals surface area contributed by atoms with Crippen molar-refractivity contribution in [1.82, 2.24) is 10.2 Å². The Morgan fingerprint density at radius 3 is 2.16 bits per heavy atom. The van der Waals surface area contributed by atoms with Crippen molar-refractivity contribution < 1.29 is 9.59 Å². The number of carbonyl (C=O) groups excluding carboxylic acids is 2. The van der Waals surface area contributed by atoms with Gasteiger partial charge >= 0.3 is 0 Å². The van der Waals surface area contributed by atoms with Crippen LogP contribution in [-0.4, -0.2) is 28.8 Å². The summed E-state index contributed by atoms with van der Waals surface area (Å²) in [5, 5.41) is 3.20. The van der Waals surface area contributed by atoms with Crippen molar-refractivity contribution in [2.24, 2.45) is 0 Å². The molecule has 4 nitrogen and oxygen atoms in total. The zero-order valence-corrected chi connectivity index (χ0v) is 19.9. The molecule has 4 heteroatoms. The Balaban J connectivity index is 1.68. The lowest BCUT2D eigenvalue weighted by atomic mass is 9.95. The monoisotopic (exact) mass is 434 g/mol. The van der Waals surface area contributed by atoms with E-state index in [0.717, 1.165) is 30.4 Å². The number of rotatable bonds is 9. The fourth-order valence-electron chi connectivity index (χ4n) is 4.38. The molecule has 0 heterocycles. The fraction of sp³-hybridized carbons (Fsp3) is 0.500. The van der Waals surface area contributed by atoms with Crippen LogP contribution in [-0.2, 0) is 29.0 Å². The summed E-state index contributed by atoms with van der Waals surface area (Å²) in [6, 6.07) is 16.4. The minimum Gasteiger partial charge on any atom is -0.352 e. The van der Waals surface area contributed by atoms with E-state index >= 15 is 0 Å². The Morgan fingerprint density at radius 2 is 1.53 bits per heavy atom. The van der Waals surface area contributed by atoms with Crippen molar-refractivity contribution in [3.8, 4) is 0 Å². The predicted molar refractivity (Wildman–Crippen MR) is 130 cm³/mol. The molecule has 0 aromatic heterocycles. The lowest BCUT2D eigenvalue weighted by Crippen LogP contribution is -2.50. The first-order valence-corrected chi connectivity index (χ1v) is 12.2. The van der Waals surface area contributed by atoms with Crippen LogP contribution in [0.2, 0.25) is 0 Å². The van der Waals surface area contributed by atoms with Crippen molar-refractivity contribution in [3.63, 3.8) is 0 Å². The van der Waals surface area contributed by atoms with E-state index in [-0.39, 0.29) is 17.9 Å². The van der Waals surface area contributed by atoms with Crippen LogP contribution in [0.4, 0.5) is 0 Å². The van der Waals surface area contributed by atoms with Crippen molar-refractivity contribution in [2.45, 2.75) is 90.8 Å². The maximum Gasteiger partial charge on any atom is 0.242 e. The second kappa shape index (κ2) is 11.8. The largest absolute Gasteiger partial charge is 0.352 e. The summed E-state index contributed by atoms with van der Waals surface area (Å²) < 4.78 is 0. The number of benzene rings is 2. The van der Waals surface area contributed by atoms with Gasteiger partial charge in [0.25, 0.3) is 0 Å². The van der Waals surface area contributed by atoms with Gasteiger partial charge in [-0.1, -0.05) is 80.3 Å². The zero-order chi connectivity index (χ0) is 22.9. The summed E-state index contributed by atoms with van der Waals surface area (Å²) in [5.74, 6) is -0.0129. The van der Waals surface area contributed by atoms with E-state index in [1.807, 2.05) is 19.1 Å². The molecule has 32 heavy (non-hydrogen) atoms. The number of hydrogen-bond acceptors (Lipinski definition) is 2. The predicted octanol–water partition coefficient (Wildman–Crippen LogP) is 5.36. The quantitative estimate of drug-likeness (QED) is 0.578. The molecule has 1 atom stereocenters. The van der Waals surface area contributed by atoms with E-state index in [4.69, 9.17) is 0 Å². The van der Waals surface area contributed by atoms with E-state index in [2.05, 4.69) is 55.6 Å². The SMILES string of the molecule is CCc1ccc(CCC(=O)N(Cc2ccc(C)cc2)C(C)C(=O)NC2CCCCC2)cc1. The van der Waals surface area contributed by atoms with Gasteiger partial charge in [0.1, 0.15) is 6.04 Å².